The van der Waals surface area contributed by atoms with Gasteiger partial charge in [-0.05, 0) is 44.4 Å². The number of aryl methyl sites for hydroxylation is 1. The van der Waals surface area contributed by atoms with E-state index in [2.05, 4.69) is 15.4 Å². The summed E-state index contributed by atoms with van der Waals surface area (Å²) in [6.45, 7) is 4.57. The van der Waals surface area contributed by atoms with Gasteiger partial charge in [0, 0.05) is 18.8 Å². The Morgan fingerprint density at radius 1 is 1.15 bits per heavy atom. The van der Waals surface area contributed by atoms with Crippen LogP contribution in [-0.2, 0) is 10.0 Å². The SMILES string of the molecule is CC1=C(S(=O)(=O)N2CCCC2)C(c2ccc(Cl)c(Cl)c2)n2nc(C)nc2N1. The molecule has 0 amide bonds. The maximum Gasteiger partial charge on any atom is 0.243 e. The molecule has 2 aliphatic rings. The van der Waals surface area contributed by atoms with Gasteiger partial charge in [0.2, 0.25) is 16.0 Å². The Morgan fingerprint density at radius 3 is 2.52 bits per heavy atom. The summed E-state index contributed by atoms with van der Waals surface area (Å²) in [6, 6.07) is 4.47. The van der Waals surface area contributed by atoms with Gasteiger partial charge < -0.3 is 5.32 Å². The molecule has 0 aliphatic carbocycles. The first-order chi connectivity index (χ1) is 12.8. The highest BCUT2D eigenvalue weighted by atomic mass is 35.5. The van der Waals surface area contributed by atoms with Crippen molar-refractivity contribution in [3.05, 3.63) is 50.2 Å². The molecule has 2 aromatic rings. The van der Waals surface area contributed by atoms with Crippen molar-refractivity contribution in [3.63, 3.8) is 0 Å². The molecule has 27 heavy (non-hydrogen) atoms. The number of fused-ring (bicyclic) bond motifs is 1. The normalized spacial score (nSPS) is 20.7. The summed E-state index contributed by atoms with van der Waals surface area (Å²) in [5.41, 5.74) is 1.23. The van der Waals surface area contributed by atoms with Crippen LogP contribution in [0.3, 0.4) is 0 Å². The van der Waals surface area contributed by atoms with E-state index >= 15 is 0 Å². The zero-order valence-corrected chi connectivity index (χ0v) is 17.2. The summed E-state index contributed by atoms with van der Waals surface area (Å²) in [5, 5.41) is 8.30. The van der Waals surface area contributed by atoms with Crippen molar-refractivity contribution < 1.29 is 8.42 Å². The Kier molecular flexibility index (Phi) is 4.70. The van der Waals surface area contributed by atoms with Crippen LogP contribution in [0.1, 0.15) is 37.2 Å². The van der Waals surface area contributed by atoms with Gasteiger partial charge in [-0.15, -0.1) is 0 Å². The second-order valence-corrected chi connectivity index (χ2v) is 9.45. The van der Waals surface area contributed by atoms with E-state index in [0.717, 1.165) is 12.8 Å². The van der Waals surface area contributed by atoms with Crippen LogP contribution in [0.2, 0.25) is 10.0 Å². The van der Waals surface area contributed by atoms with Crippen LogP contribution in [0.25, 0.3) is 0 Å². The van der Waals surface area contributed by atoms with Crippen molar-refractivity contribution >= 4 is 39.2 Å². The molecule has 7 nitrogen and oxygen atoms in total. The number of nitrogens with one attached hydrogen (secondary N) is 1. The number of rotatable bonds is 3. The first kappa shape index (κ1) is 18.7. The number of halogens is 2. The average molecular weight is 428 g/mol. The number of allylic oxidation sites excluding steroid dienone is 2. The van der Waals surface area contributed by atoms with Crippen LogP contribution >= 0.6 is 23.2 Å². The van der Waals surface area contributed by atoms with Gasteiger partial charge in [0.05, 0.1) is 10.0 Å². The van der Waals surface area contributed by atoms with Gasteiger partial charge in [-0.3, -0.25) is 0 Å². The predicted octanol–water partition coefficient (Wildman–Crippen LogP) is 3.57. The fourth-order valence-electron chi connectivity index (χ4n) is 3.62. The second-order valence-electron chi connectivity index (χ2n) is 6.73. The molecule has 1 aromatic heterocycles. The molecular weight excluding hydrogens is 409 g/mol. The maximum absolute atomic E-state index is 13.5. The molecule has 1 aromatic carbocycles. The zero-order valence-electron chi connectivity index (χ0n) is 14.9. The lowest BCUT2D eigenvalue weighted by Gasteiger charge is -2.31. The number of hydrogen-bond donors (Lipinski definition) is 1. The molecule has 144 valence electrons. The minimum Gasteiger partial charge on any atom is -0.327 e. The Bertz CT molecular complexity index is 1040. The summed E-state index contributed by atoms with van der Waals surface area (Å²) in [4.78, 5) is 4.63. The summed E-state index contributed by atoms with van der Waals surface area (Å²) in [5.74, 6) is 1.05. The highest BCUT2D eigenvalue weighted by Crippen LogP contribution is 2.41. The third-order valence-corrected chi connectivity index (χ3v) is 7.71. The predicted molar refractivity (Wildman–Crippen MR) is 105 cm³/mol. The van der Waals surface area contributed by atoms with Crippen LogP contribution < -0.4 is 5.32 Å². The quantitative estimate of drug-likeness (QED) is 0.809. The molecular formula is C17H19Cl2N5O2S. The van der Waals surface area contributed by atoms with Gasteiger partial charge in [-0.1, -0.05) is 29.3 Å². The number of hydrogen-bond acceptors (Lipinski definition) is 5. The van der Waals surface area contributed by atoms with Gasteiger partial charge in [0.25, 0.3) is 0 Å². The molecule has 0 saturated carbocycles. The zero-order chi connectivity index (χ0) is 19.3. The smallest absolute Gasteiger partial charge is 0.243 e. The van der Waals surface area contributed by atoms with E-state index < -0.39 is 16.1 Å². The lowest BCUT2D eigenvalue weighted by Crippen LogP contribution is -2.36. The molecule has 1 N–H and O–H groups in total. The summed E-state index contributed by atoms with van der Waals surface area (Å²) < 4.78 is 30.1. The fraction of sp³-hybridized carbons (Fsp3) is 0.412. The van der Waals surface area contributed by atoms with E-state index in [-0.39, 0.29) is 4.91 Å². The fourth-order valence-corrected chi connectivity index (χ4v) is 5.90. The molecule has 1 fully saturated rings. The summed E-state index contributed by atoms with van der Waals surface area (Å²) in [6.07, 6.45) is 1.73. The van der Waals surface area contributed by atoms with E-state index in [1.165, 1.54) is 4.31 Å². The number of nitrogens with zero attached hydrogens (tertiary/aromatic N) is 4. The highest BCUT2D eigenvalue weighted by Gasteiger charge is 2.41. The Balaban J connectivity index is 1.92. The minimum absolute atomic E-state index is 0.264. The molecule has 2 aliphatic heterocycles. The summed E-state index contributed by atoms with van der Waals surface area (Å²) in [7, 11) is -3.68. The number of aromatic nitrogens is 3. The largest absolute Gasteiger partial charge is 0.327 e. The Labute approximate surface area is 168 Å². The van der Waals surface area contributed by atoms with Crippen LogP contribution in [0, 0.1) is 6.92 Å². The molecule has 1 saturated heterocycles. The van der Waals surface area contributed by atoms with E-state index in [0.29, 0.717) is 46.2 Å². The third-order valence-electron chi connectivity index (χ3n) is 4.84. The van der Waals surface area contributed by atoms with Crippen molar-refractivity contribution in [2.45, 2.75) is 32.7 Å². The van der Waals surface area contributed by atoms with Gasteiger partial charge in [-0.25, -0.2) is 13.1 Å². The Morgan fingerprint density at radius 2 is 1.85 bits per heavy atom. The van der Waals surface area contributed by atoms with Gasteiger partial charge >= 0.3 is 0 Å². The first-order valence-corrected chi connectivity index (χ1v) is 10.8. The van der Waals surface area contributed by atoms with Crippen molar-refractivity contribution in [3.8, 4) is 0 Å². The molecule has 10 heteroatoms. The highest BCUT2D eigenvalue weighted by molar-refractivity contribution is 7.93. The van der Waals surface area contributed by atoms with Gasteiger partial charge in [0.1, 0.15) is 16.8 Å². The molecule has 0 bridgehead atoms. The van der Waals surface area contributed by atoms with E-state index in [4.69, 9.17) is 23.2 Å². The second kappa shape index (κ2) is 6.77. The van der Waals surface area contributed by atoms with Crippen LogP contribution in [0.4, 0.5) is 5.95 Å². The van der Waals surface area contributed by atoms with Crippen LogP contribution in [0.15, 0.2) is 28.8 Å². The molecule has 1 atom stereocenters. The molecule has 0 radical (unpaired) electrons. The lowest BCUT2D eigenvalue weighted by atomic mass is 10.0. The molecule has 1 unspecified atom stereocenters. The monoisotopic (exact) mass is 427 g/mol. The standard InChI is InChI=1S/C17H19Cl2N5O2S/c1-10-16(27(25,26)23-7-3-4-8-23)15(12-5-6-13(18)14(19)9-12)24-17(20-10)21-11(2)22-24/h5-6,9,15H,3-4,7-8H2,1-2H3,(H,20,21,22). The minimum atomic E-state index is -3.68. The lowest BCUT2D eigenvalue weighted by molar-refractivity contribution is 0.473. The van der Waals surface area contributed by atoms with E-state index in [1.54, 1.807) is 36.7 Å². The van der Waals surface area contributed by atoms with Crippen molar-refractivity contribution in [2.75, 3.05) is 18.4 Å². The summed E-state index contributed by atoms with van der Waals surface area (Å²) >= 11 is 12.3. The maximum atomic E-state index is 13.5. The van der Waals surface area contributed by atoms with Crippen molar-refractivity contribution in [1.29, 1.82) is 0 Å². The first-order valence-electron chi connectivity index (χ1n) is 8.65. The van der Waals surface area contributed by atoms with Crippen molar-refractivity contribution in [1.82, 2.24) is 19.1 Å². The molecule has 4 rings (SSSR count). The van der Waals surface area contributed by atoms with E-state index in [9.17, 15) is 8.42 Å². The average Bonchev–Trinajstić information content (AvgIpc) is 3.25. The molecule has 3 heterocycles. The van der Waals surface area contributed by atoms with Crippen LogP contribution in [0.5, 0.6) is 0 Å². The number of benzene rings is 1. The number of sulfonamides is 1. The van der Waals surface area contributed by atoms with Crippen LogP contribution in [-0.4, -0.2) is 40.6 Å². The van der Waals surface area contributed by atoms with Gasteiger partial charge in [-0.2, -0.15) is 14.4 Å². The third kappa shape index (κ3) is 3.14. The van der Waals surface area contributed by atoms with Crippen molar-refractivity contribution in [2.24, 2.45) is 0 Å². The Hall–Kier alpha value is -1.61. The molecule has 0 spiro atoms. The number of anilines is 1. The van der Waals surface area contributed by atoms with Gasteiger partial charge in [0.15, 0.2) is 0 Å². The van der Waals surface area contributed by atoms with E-state index in [1.807, 2.05) is 0 Å². The topological polar surface area (TPSA) is 80.1 Å².